The number of fused-ring (bicyclic) bond motifs is 10. The summed E-state index contributed by atoms with van der Waals surface area (Å²) in [6.07, 6.45) is -3.75. The van der Waals surface area contributed by atoms with E-state index < -0.39 is 30.3 Å². The number of aromatic nitrogens is 2. The lowest BCUT2D eigenvalue weighted by molar-refractivity contribution is -0.314. The third kappa shape index (κ3) is 1.89. The Hall–Kier alpha value is -2.90. The summed E-state index contributed by atoms with van der Waals surface area (Å²) in [5.74, 6) is 0. The molecule has 2 N–H and O–H groups in total. The minimum Gasteiger partial charge on any atom is -0.387 e. The van der Waals surface area contributed by atoms with Crippen molar-refractivity contribution in [3.63, 3.8) is 0 Å². The standard InChI is InChI=1S/C25H22N2O4/c1-25-23(30-2)21(28)22(29)24(31-25)26-17-9-5-3-7-13(17)15-11-12-16-14-8-4-6-10-18(14)27(25)20(16)19(15)26/h3-12,21-24,28-29H,1-2H3/t21-,22+,23+,24+,25-/m1/s1. The molecule has 0 radical (unpaired) electrons. The molecule has 6 heteroatoms. The molecule has 1 fully saturated rings. The van der Waals surface area contributed by atoms with Crippen LogP contribution in [0.4, 0.5) is 0 Å². The second-order valence-electron chi connectivity index (χ2n) is 8.80. The maximum Gasteiger partial charge on any atom is 0.174 e. The zero-order valence-electron chi connectivity index (χ0n) is 17.2. The van der Waals surface area contributed by atoms with Crippen molar-refractivity contribution in [1.29, 1.82) is 0 Å². The minimum absolute atomic E-state index is 0.746. The van der Waals surface area contributed by atoms with E-state index in [4.69, 9.17) is 9.47 Å². The molecule has 31 heavy (non-hydrogen) atoms. The SMILES string of the molecule is CO[C@H]1[C@H](O)[C@H](O)[C@@H]2O[C@@]1(C)n1c3ccccc3c3ccc4c5ccccc5n2c4c31. The Morgan fingerprint density at radius 3 is 2.13 bits per heavy atom. The first-order valence-electron chi connectivity index (χ1n) is 10.6. The van der Waals surface area contributed by atoms with Gasteiger partial charge in [-0.3, -0.25) is 0 Å². The van der Waals surface area contributed by atoms with Crippen molar-refractivity contribution < 1.29 is 19.7 Å². The van der Waals surface area contributed by atoms with Gasteiger partial charge in [0.2, 0.25) is 0 Å². The first kappa shape index (κ1) is 17.7. The molecule has 7 rings (SSSR count). The van der Waals surface area contributed by atoms with Crippen molar-refractivity contribution in [1.82, 2.24) is 9.13 Å². The Bertz CT molecular complexity index is 1530. The van der Waals surface area contributed by atoms with Gasteiger partial charge < -0.3 is 28.8 Å². The summed E-state index contributed by atoms with van der Waals surface area (Å²) in [5, 5.41) is 26.8. The van der Waals surface area contributed by atoms with E-state index >= 15 is 0 Å². The maximum absolute atomic E-state index is 11.2. The van der Waals surface area contributed by atoms with E-state index in [1.165, 1.54) is 0 Å². The summed E-state index contributed by atoms with van der Waals surface area (Å²) >= 11 is 0. The van der Waals surface area contributed by atoms with Gasteiger partial charge in [0, 0.05) is 28.7 Å². The molecule has 5 atom stereocenters. The van der Waals surface area contributed by atoms with E-state index in [1.807, 2.05) is 37.3 Å². The van der Waals surface area contributed by atoms with Crippen molar-refractivity contribution >= 4 is 43.6 Å². The lowest BCUT2D eigenvalue weighted by atomic mass is 9.93. The van der Waals surface area contributed by atoms with Crippen molar-refractivity contribution in [2.75, 3.05) is 7.11 Å². The van der Waals surface area contributed by atoms with Crippen molar-refractivity contribution in [2.45, 2.75) is 37.2 Å². The molecule has 2 bridgehead atoms. The Balaban J connectivity index is 1.81. The smallest absolute Gasteiger partial charge is 0.174 e. The first-order valence-corrected chi connectivity index (χ1v) is 10.6. The molecular formula is C25H22N2O4. The molecule has 0 aliphatic carbocycles. The number of rotatable bonds is 1. The Morgan fingerprint density at radius 2 is 1.42 bits per heavy atom. The maximum atomic E-state index is 11.2. The second kappa shape index (κ2) is 5.66. The van der Waals surface area contributed by atoms with Crippen molar-refractivity contribution in [3.8, 4) is 0 Å². The molecule has 1 saturated heterocycles. The summed E-state index contributed by atoms with van der Waals surface area (Å²) in [6, 6.07) is 20.7. The number of hydrogen-bond acceptors (Lipinski definition) is 4. The Morgan fingerprint density at radius 1 is 0.806 bits per heavy atom. The average Bonchev–Trinajstić information content (AvgIpc) is 3.27. The highest BCUT2D eigenvalue weighted by atomic mass is 16.6. The average molecular weight is 414 g/mol. The molecule has 4 heterocycles. The van der Waals surface area contributed by atoms with Crippen molar-refractivity contribution in [2.24, 2.45) is 0 Å². The number of nitrogens with zero attached hydrogens (tertiary/aromatic N) is 2. The number of methoxy groups -OCH3 is 1. The molecule has 6 nitrogen and oxygen atoms in total. The van der Waals surface area contributed by atoms with Crippen LogP contribution in [0.25, 0.3) is 43.6 Å². The third-order valence-corrected chi connectivity index (χ3v) is 7.30. The predicted octanol–water partition coefficient (Wildman–Crippen LogP) is 3.85. The van der Waals surface area contributed by atoms with E-state index in [0.29, 0.717) is 0 Å². The largest absolute Gasteiger partial charge is 0.387 e. The molecule has 0 amide bonds. The van der Waals surface area contributed by atoms with Gasteiger partial charge in [0.1, 0.15) is 18.3 Å². The van der Waals surface area contributed by atoms with Gasteiger partial charge in [-0.05, 0) is 19.1 Å². The molecule has 2 aliphatic rings. The van der Waals surface area contributed by atoms with Gasteiger partial charge in [-0.1, -0.05) is 48.5 Å². The molecule has 156 valence electrons. The van der Waals surface area contributed by atoms with Crippen LogP contribution in [0.3, 0.4) is 0 Å². The molecular weight excluding hydrogens is 392 g/mol. The molecule has 2 aromatic heterocycles. The van der Waals surface area contributed by atoms with Gasteiger partial charge in [-0.25, -0.2) is 0 Å². The van der Waals surface area contributed by atoms with Gasteiger partial charge in [0.25, 0.3) is 0 Å². The van der Waals surface area contributed by atoms with Crippen LogP contribution in [0.1, 0.15) is 13.2 Å². The van der Waals surface area contributed by atoms with Gasteiger partial charge in [-0.2, -0.15) is 0 Å². The first-order chi connectivity index (χ1) is 15.1. The lowest BCUT2D eigenvalue weighted by Crippen LogP contribution is -2.62. The molecule has 0 spiro atoms. The zero-order valence-corrected chi connectivity index (χ0v) is 17.2. The minimum atomic E-state index is -1.14. The monoisotopic (exact) mass is 414 g/mol. The second-order valence-corrected chi connectivity index (χ2v) is 8.80. The van der Waals surface area contributed by atoms with Gasteiger partial charge >= 0.3 is 0 Å². The predicted molar refractivity (Wildman–Crippen MR) is 119 cm³/mol. The highest BCUT2D eigenvalue weighted by Gasteiger charge is 2.56. The van der Waals surface area contributed by atoms with Crippen LogP contribution in [-0.4, -0.2) is 44.8 Å². The number of hydrogen-bond donors (Lipinski definition) is 2. The summed E-state index contributed by atoms with van der Waals surface area (Å²) in [5.41, 5.74) is 3.00. The Kier molecular flexibility index (Phi) is 3.24. The van der Waals surface area contributed by atoms with Crippen LogP contribution in [0.5, 0.6) is 0 Å². The Labute approximate surface area is 177 Å². The lowest BCUT2D eigenvalue weighted by Gasteiger charge is -2.48. The topological polar surface area (TPSA) is 68.8 Å². The van der Waals surface area contributed by atoms with E-state index in [2.05, 4.69) is 39.5 Å². The molecule has 0 saturated carbocycles. The third-order valence-electron chi connectivity index (χ3n) is 7.30. The molecule has 0 unspecified atom stereocenters. The van der Waals surface area contributed by atoms with Gasteiger partial charge in [0.15, 0.2) is 12.0 Å². The number of aliphatic hydroxyl groups excluding tert-OH is 2. The van der Waals surface area contributed by atoms with E-state index in [0.717, 1.165) is 43.6 Å². The number of para-hydroxylation sites is 2. The number of ether oxygens (including phenoxy) is 2. The van der Waals surface area contributed by atoms with Crippen LogP contribution in [-0.2, 0) is 15.2 Å². The summed E-state index contributed by atoms with van der Waals surface area (Å²) in [6.45, 7) is 1.95. The summed E-state index contributed by atoms with van der Waals surface area (Å²) in [4.78, 5) is 0. The van der Waals surface area contributed by atoms with Crippen LogP contribution in [0.2, 0.25) is 0 Å². The fourth-order valence-corrected chi connectivity index (χ4v) is 6.05. The highest BCUT2D eigenvalue weighted by Crippen LogP contribution is 2.51. The normalized spacial score (nSPS) is 30.1. The fraction of sp³-hybridized carbons (Fsp3) is 0.280. The number of aliphatic hydroxyl groups is 2. The number of benzene rings is 3. The highest BCUT2D eigenvalue weighted by molar-refractivity contribution is 6.22. The summed E-state index contributed by atoms with van der Waals surface area (Å²) < 4.78 is 16.7. The van der Waals surface area contributed by atoms with Gasteiger partial charge in [-0.15, -0.1) is 0 Å². The quantitative estimate of drug-likeness (QED) is 0.437. The van der Waals surface area contributed by atoms with Crippen LogP contribution in [0.15, 0.2) is 60.7 Å². The van der Waals surface area contributed by atoms with Crippen LogP contribution >= 0.6 is 0 Å². The van der Waals surface area contributed by atoms with Crippen LogP contribution < -0.4 is 0 Å². The van der Waals surface area contributed by atoms with Crippen LogP contribution in [0, 0.1) is 0 Å². The van der Waals surface area contributed by atoms with E-state index in [-0.39, 0.29) is 0 Å². The van der Waals surface area contributed by atoms with Crippen molar-refractivity contribution in [3.05, 3.63) is 60.7 Å². The molecule has 5 aromatic rings. The van der Waals surface area contributed by atoms with E-state index in [9.17, 15) is 10.2 Å². The van der Waals surface area contributed by atoms with Gasteiger partial charge in [0.05, 0.1) is 22.1 Å². The molecule has 2 aliphatic heterocycles. The van der Waals surface area contributed by atoms with E-state index in [1.54, 1.807) is 7.11 Å². The summed E-state index contributed by atoms with van der Waals surface area (Å²) in [7, 11) is 1.56. The molecule has 3 aromatic carbocycles. The fourth-order valence-electron chi connectivity index (χ4n) is 6.05. The zero-order chi connectivity index (χ0) is 21.1.